The number of nitrogen functional groups attached to an aromatic ring is 1. The van der Waals surface area contributed by atoms with E-state index in [1.807, 2.05) is 0 Å². The highest BCUT2D eigenvalue weighted by Crippen LogP contribution is 2.11. The molecule has 1 aromatic rings. The van der Waals surface area contributed by atoms with E-state index >= 15 is 0 Å². The lowest BCUT2D eigenvalue weighted by Gasteiger charge is -2.04. The number of anilines is 2. The van der Waals surface area contributed by atoms with Gasteiger partial charge in [0.1, 0.15) is 0 Å². The van der Waals surface area contributed by atoms with Crippen molar-refractivity contribution >= 4 is 35.0 Å². The Kier molecular flexibility index (Phi) is 4.65. The second-order valence-corrected chi connectivity index (χ2v) is 4.04. The SMILES string of the molecule is Nc1ccc(NC(=O)CSCC(=O)O)cc1. The number of aliphatic carboxylic acids is 1. The predicted octanol–water partition coefficient (Wildman–Crippen LogP) is 1.03. The number of carbonyl (C=O) groups excluding carboxylic acids is 1. The van der Waals surface area contributed by atoms with E-state index in [2.05, 4.69) is 5.32 Å². The summed E-state index contributed by atoms with van der Waals surface area (Å²) in [5.41, 5.74) is 6.76. The maximum absolute atomic E-state index is 11.3. The Morgan fingerprint density at radius 1 is 1.25 bits per heavy atom. The monoisotopic (exact) mass is 240 g/mol. The molecule has 4 N–H and O–H groups in total. The van der Waals surface area contributed by atoms with Gasteiger partial charge in [-0.05, 0) is 24.3 Å². The molecule has 1 amide bonds. The molecule has 0 unspecified atom stereocenters. The zero-order valence-electron chi connectivity index (χ0n) is 8.47. The zero-order valence-corrected chi connectivity index (χ0v) is 9.29. The van der Waals surface area contributed by atoms with E-state index in [-0.39, 0.29) is 17.4 Å². The smallest absolute Gasteiger partial charge is 0.313 e. The molecule has 5 nitrogen and oxygen atoms in total. The number of hydrogen-bond acceptors (Lipinski definition) is 4. The fourth-order valence-corrected chi connectivity index (χ4v) is 1.53. The Balaban J connectivity index is 2.34. The Labute approximate surface area is 97.0 Å². The third kappa shape index (κ3) is 4.70. The van der Waals surface area contributed by atoms with E-state index in [4.69, 9.17) is 10.8 Å². The number of nitrogens with two attached hydrogens (primary N) is 1. The molecule has 0 aromatic heterocycles. The molecule has 6 heteroatoms. The lowest BCUT2D eigenvalue weighted by Crippen LogP contribution is -2.15. The summed E-state index contributed by atoms with van der Waals surface area (Å²) in [4.78, 5) is 21.5. The number of carbonyl (C=O) groups is 2. The molecule has 0 saturated carbocycles. The van der Waals surface area contributed by atoms with Crippen LogP contribution in [0.5, 0.6) is 0 Å². The molecule has 0 aliphatic heterocycles. The van der Waals surface area contributed by atoms with Crippen LogP contribution in [0.2, 0.25) is 0 Å². The number of amides is 1. The first-order chi connectivity index (χ1) is 7.58. The maximum atomic E-state index is 11.3. The summed E-state index contributed by atoms with van der Waals surface area (Å²) in [5, 5.41) is 11.0. The number of hydrogen-bond donors (Lipinski definition) is 3. The van der Waals surface area contributed by atoms with Crippen LogP contribution in [0.3, 0.4) is 0 Å². The number of thioether (sulfide) groups is 1. The summed E-state index contributed by atoms with van der Waals surface area (Å²) in [6.07, 6.45) is 0. The summed E-state index contributed by atoms with van der Waals surface area (Å²) in [7, 11) is 0. The molecule has 0 aliphatic rings. The van der Waals surface area contributed by atoms with Crippen LogP contribution >= 0.6 is 11.8 Å². The van der Waals surface area contributed by atoms with Crippen molar-refractivity contribution < 1.29 is 14.7 Å². The molecular formula is C10H12N2O3S. The van der Waals surface area contributed by atoms with Crippen molar-refractivity contribution in [2.45, 2.75) is 0 Å². The average Bonchev–Trinajstić information content (AvgIpc) is 2.21. The fraction of sp³-hybridized carbons (Fsp3) is 0.200. The van der Waals surface area contributed by atoms with E-state index in [1.165, 1.54) is 0 Å². The molecule has 0 spiro atoms. The van der Waals surface area contributed by atoms with Gasteiger partial charge < -0.3 is 16.2 Å². The van der Waals surface area contributed by atoms with Gasteiger partial charge in [0.2, 0.25) is 5.91 Å². The number of benzene rings is 1. The Bertz CT molecular complexity index is 378. The topological polar surface area (TPSA) is 92.4 Å². The Morgan fingerprint density at radius 3 is 2.44 bits per heavy atom. The summed E-state index contributed by atoms with van der Waals surface area (Å²) in [6, 6.07) is 6.74. The highest BCUT2D eigenvalue weighted by molar-refractivity contribution is 8.00. The maximum Gasteiger partial charge on any atom is 0.313 e. The lowest BCUT2D eigenvalue weighted by molar-refractivity contribution is -0.133. The van der Waals surface area contributed by atoms with Crippen molar-refractivity contribution in [3.63, 3.8) is 0 Å². The van der Waals surface area contributed by atoms with Gasteiger partial charge in [-0.2, -0.15) is 0 Å². The summed E-state index contributed by atoms with van der Waals surface area (Å²) in [5.74, 6) is -1.10. The standard InChI is InChI=1S/C10H12N2O3S/c11-7-1-3-8(4-2-7)12-9(13)5-16-6-10(14)15/h1-4H,5-6,11H2,(H,12,13)(H,14,15). The van der Waals surface area contributed by atoms with Crippen LogP contribution in [0, 0.1) is 0 Å². The number of carboxylic acid groups (broad SMARTS) is 1. The quantitative estimate of drug-likeness (QED) is 0.668. The first-order valence-electron chi connectivity index (χ1n) is 4.53. The largest absolute Gasteiger partial charge is 0.481 e. The highest BCUT2D eigenvalue weighted by atomic mass is 32.2. The molecule has 86 valence electrons. The Morgan fingerprint density at radius 2 is 1.88 bits per heavy atom. The van der Waals surface area contributed by atoms with Gasteiger partial charge in [0.25, 0.3) is 0 Å². The number of nitrogens with one attached hydrogen (secondary N) is 1. The van der Waals surface area contributed by atoms with Crippen LogP contribution in [0.25, 0.3) is 0 Å². The molecule has 0 heterocycles. The van der Waals surface area contributed by atoms with Crippen molar-refractivity contribution in [3.05, 3.63) is 24.3 Å². The van der Waals surface area contributed by atoms with E-state index in [9.17, 15) is 9.59 Å². The normalized spacial score (nSPS) is 9.75. The van der Waals surface area contributed by atoms with Gasteiger partial charge in [0.15, 0.2) is 0 Å². The van der Waals surface area contributed by atoms with Crippen molar-refractivity contribution in [1.29, 1.82) is 0 Å². The van der Waals surface area contributed by atoms with Gasteiger partial charge in [-0.3, -0.25) is 9.59 Å². The molecule has 0 radical (unpaired) electrons. The first kappa shape index (κ1) is 12.4. The van der Waals surface area contributed by atoms with Crippen molar-refractivity contribution in [1.82, 2.24) is 0 Å². The van der Waals surface area contributed by atoms with Crippen molar-refractivity contribution in [2.75, 3.05) is 22.6 Å². The second-order valence-electron chi connectivity index (χ2n) is 3.06. The Hall–Kier alpha value is -1.69. The van der Waals surface area contributed by atoms with Crippen LogP contribution in [0.1, 0.15) is 0 Å². The molecule has 1 aromatic carbocycles. The second kappa shape index (κ2) is 6.02. The van der Waals surface area contributed by atoms with Crippen molar-refractivity contribution in [3.8, 4) is 0 Å². The minimum absolute atomic E-state index is 0.0742. The van der Waals surface area contributed by atoms with Gasteiger partial charge in [-0.15, -0.1) is 11.8 Å². The van der Waals surface area contributed by atoms with Gasteiger partial charge in [-0.25, -0.2) is 0 Å². The third-order valence-corrected chi connectivity index (χ3v) is 2.57. The van der Waals surface area contributed by atoms with Crippen LogP contribution < -0.4 is 11.1 Å². The highest BCUT2D eigenvalue weighted by Gasteiger charge is 2.04. The predicted molar refractivity (Wildman–Crippen MR) is 64.4 cm³/mol. The minimum Gasteiger partial charge on any atom is -0.481 e. The molecular weight excluding hydrogens is 228 g/mol. The van der Waals surface area contributed by atoms with Gasteiger partial charge >= 0.3 is 5.97 Å². The molecule has 0 bridgehead atoms. The lowest BCUT2D eigenvalue weighted by atomic mass is 10.3. The summed E-state index contributed by atoms with van der Waals surface area (Å²) < 4.78 is 0. The molecule has 0 saturated heterocycles. The molecule has 1 rings (SSSR count). The van der Waals surface area contributed by atoms with Gasteiger partial charge in [-0.1, -0.05) is 0 Å². The van der Waals surface area contributed by atoms with E-state index < -0.39 is 5.97 Å². The van der Waals surface area contributed by atoms with Gasteiger partial charge in [0, 0.05) is 11.4 Å². The van der Waals surface area contributed by atoms with E-state index in [0.29, 0.717) is 11.4 Å². The van der Waals surface area contributed by atoms with E-state index in [0.717, 1.165) is 11.8 Å². The van der Waals surface area contributed by atoms with Crippen molar-refractivity contribution in [2.24, 2.45) is 0 Å². The fourth-order valence-electron chi connectivity index (χ4n) is 0.995. The van der Waals surface area contributed by atoms with Crippen LogP contribution in [-0.4, -0.2) is 28.5 Å². The van der Waals surface area contributed by atoms with E-state index in [1.54, 1.807) is 24.3 Å². The minimum atomic E-state index is -0.926. The third-order valence-electron chi connectivity index (χ3n) is 1.65. The molecule has 0 atom stereocenters. The van der Waals surface area contributed by atoms with Crippen LogP contribution in [0.15, 0.2) is 24.3 Å². The zero-order chi connectivity index (χ0) is 12.0. The number of carboxylic acids is 1. The molecule has 16 heavy (non-hydrogen) atoms. The van der Waals surface area contributed by atoms with Gasteiger partial charge in [0.05, 0.1) is 11.5 Å². The van der Waals surface area contributed by atoms with Crippen LogP contribution in [0.4, 0.5) is 11.4 Å². The number of rotatable bonds is 5. The first-order valence-corrected chi connectivity index (χ1v) is 5.68. The molecule has 0 fully saturated rings. The average molecular weight is 240 g/mol. The molecule has 0 aliphatic carbocycles. The summed E-state index contributed by atoms with van der Waals surface area (Å²) in [6.45, 7) is 0. The van der Waals surface area contributed by atoms with Crippen LogP contribution in [-0.2, 0) is 9.59 Å². The summed E-state index contributed by atoms with van der Waals surface area (Å²) >= 11 is 1.06.